The summed E-state index contributed by atoms with van der Waals surface area (Å²) in [4.78, 5) is 9.92. The van der Waals surface area contributed by atoms with Crippen molar-refractivity contribution in [3.63, 3.8) is 0 Å². The second kappa shape index (κ2) is 3.02. The molecule has 0 saturated carbocycles. The van der Waals surface area contributed by atoms with Crippen LogP contribution in [0.25, 0.3) is 0 Å². The van der Waals surface area contributed by atoms with Gasteiger partial charge in [-0.3, -0.25) is 10.1 Å². The molecule has 0 N–H and O–H groups in total. The Morgan fingerprint density at radius 1 is 1.70 bits per heavy atom. The predicted molar refractivity (Wildman–Crippen MR) is 36.9 cm³/mol. The van der Waals surface area contributed by atoms with E-state index < -0.39 is 6.04 Å². The molecule has 10 heavy (non-hydrogen) atoms. The number of hydrogen-bond acceptors (Lipinski definition) is 2. The summed E-state index contributed by atoms with van der Waals surface area (Å²) in [6.07, 6.45) is 4.26. The lowest BCUT2D eigenvalue weighted by Gasteiger charge is -1.98. The van der Waals surface area contributed by atoms with Gasteiger partial charge in [-0.15, -0.1) is 0 Å². The number of nitrogens with zero attached hydrogens (tertiary/aromatic N) is 1. The van der Waals surface area contributed by atoms with E-state index in [4.69, 9.17) is 0 Å². The van der Waals surface area contributed by atoms with Crippen LogP contribution in [0.4, 0.5) is 0 Å². The zero-order valence-corrected chi connectivity index (χ0v) is 5.41. The smallest absolute Gasteiger partial charge is 0.233 e. The van der Waals surface area contributed by atoms with Crippen LogP contribution in [0, 0.1) is 22.0 Å². The molecule has 0 fully saturated rings. The molecule has 0 heterocycles. The molecule has 1 aliphatic rings. The van der Waals surface area contributed by atoms with Crippen molar-refractivity contribution in [1.82, 2.24) is 0 Å². The third-order valence-corrected chi connectivity index (χ3v) is 1.34. The zero-order valence-electron chi connectivity index (χ0n) is 5.41. The van der Waals surface area contributed by atoms with E-state index in [1.54, 1.807) is 12.2 Å². The van der Waals surface area contributed by atoms with Crippen molar-refractivity contribution in [3.8, 4) is 11.8 Å². The Kier molecular flexibility index (Phi) is 2.06. The molecule has 52 valence electrons. The summed E-state index contributed by atoms with van der Waals surface area (Å²) in [7, 11) is 0. The maximum atomic E-state index is 10.2. The van der Waals surface area contributed by atoms with Gasteiger partial charge in [0.05, 0.1) is 0 Å². The first kappa shape index (κ1) is 6.81. The summed E-state index contributed by atoms with van der Waals surface area (Å²) >= 11 is 0. The van der Waals surface area contributed by atoms with Crippen molar-refractivity contribution in [2.45, 2.75) is 18.9 Å². The molecule has 0 saturated heterocycles. The Hall–Kier alpha value is -1.30. The lowest BCUT2D eigenvalue weighted by Crippen LogP contribution is -2.15. The fraction of sp³-hybridized carbons (Fsp3) is 0.429. The average molecular weight is 137 g/mol. The second-order valence-corrected chi connectivity index (χ2v) is 2.07. The van der Waals surface area contributed by atoms with E-state index in [0.717, 1.165) is 0 Å². The molecule has 3 heteroatoms. The molecule has 1 atom stereocenters. The maximum Gasteiger partial charge on any atom is 0.233 e. The number of hydrogen-bond donors (Lipinski definition) is 0. The van der Waals surface area contributed by atoms with E-state index in [1.807, 2.05) is 0 Å². The summed E-state index contributed by atoms with van der Waals surface area (Å²) in [5, 5.41) is 10.2. The molecule has 1 unspecified atom stereocenters. The SMILES string of the molecule is O=[N+]([O-])C1C=CC#CCC1. The van der Waals surface area contributed by atoms with Crippen LogP contribution in [0.3, 0.4) is 0 Å². The molecule has 0 aliphatic heterocycles. The second-order valence-electron chi connectivity index (χ2n) is 2.07. The molecule has 0 spiro atoms. The third kappa shape index (κ3) is 1.59. The normalized spacial score (nSPS) is 22.6. The van der Waals surface area contributed by atoms with Crippen molar-refractivity contribution in [2.75, 3.05) is 0 Å². The van der Waals surface area contributed by atoms with Gasteiger partial charge in [0.25, 0.3) is 0 Å². The van der Waals surface area contributed by atoms with E-state index in [9.17, 15) is 10.1 Å². The number of rotatable bonds is 1. The van der Waals surface area contributed by atoms with Gasteiger partial charge in [-0.1, -0.05) is 11.8 Å². The third-order valence-electron chi connectivity index (χ3n) is 1.34. The summed E-state index contributed by atoms with van der Waals surface area (Å²) in [6, 6.07) is -0.539. The van der Waals surface area contributed by atoms with E-state index in [-0.39, 0.29) is 4.92 Å². The van der Waals surface area contributed by atoms with Crippen molar-refractivity contribution < 1.29 is 4.92 Å². The van der Waals surface area contributed by atoms with Crippen LogP contribution in [0.5, 0.6) is 0 Å². The van der Waals surface area contributed by atoms with Gasteiger partial charge < -0.3 is 0 Å². The van der Waals surface area contributed by atoms with Gasteiger partial charge >= 0.3 is 0 Å². The van der Waals surface area contributed by atoms with Crippen LogP contribution in [0.1, 0.15) is 12.8 Å². The minimum Gasteiger partial charge on any atom is -0.264 e. The van der Waals surface area contributed by atoms with Gasteiger partial charge in [0, 0.05) is 17.8 Å². The Balaban J connectivity index is 2.61. The van der Waals surface area contributed by atoms with Crippen molar-refractivity contribution in [2.24, 2.45) is 0 Å². The fourth-order valence-electron chi connectivity index (χ4n) is 0.782. The van der Waals surface area contributed by atoms with Gasteiger partial charge in [-0.25, -0.2) is 0 Å². The van der Waals surface area contributed by atoms with Crippen LogP contribution in [-0.4, -0.2) is 11.0 Å². The standard InChI is InChI=1S/C7H7NO2/c9-8(10)7-5-3-1-2-4-6-7/h3,5,7H,4,6H2. The zero-order chi connectivity index (χ0) is 7.40. The molecule has 0 radical (unpaired) electrons. The molecule has 0 aromatic rings. The average Bonchev–Trinajstić information content (AvgIpc) is 2.12. The first-order chi connectivity index (χ1) is 4.80. The molecular formula is C7H7NO2. The topological polar surface area (TPSA) is 43.1 Å². The Morgan fingerprint density at radius 3 is 3.20 bits per heavy atom. The monoisotopic (exact) mass is 137 g/mol. The van der Waals surface area contributed by atoms with Crippen LogP contribution >= 0.6 is 0 Å². The molecule has 0 aromatic heterocycles. The fourth-order valence-corrected chi connectivity index (χ4v) is 0.782. The highest BCUT2D eigenvalue weighted by atomic mass is 16.6. The number of nitro groups is 1. The van der Waals surface area contributed by atoms with Crippen LogP contribution in [0.15, 0.2) is 12.2 Å². The molecule has 1 aliphatic carbocycles. The Morgan fingerprint density at radius 2 is 2.50 bits per heavy atom. The predicted octanol–water partition coefficient (Wildman–Crippen LogP) is 0.985. The highest BCUT2D eigenvalue weighted by Crippen LogP contribution is 2.04. The summed E-state index contributed by atoms with van der Waals surface area (Å²) in [5.74, 6) is 5.49. The van der Waals surface area contributed by atoms with Gasteiger partial charge in [0.2, 0.25) is 6.04 Å². The minimum absolute atomic E-state index is 0.287. The highest BCUT2D eigenvalue weighted by Gasteiger charge is 2.14. The quantitative estimate of drug-likeness (QED) is 0.307. The first-order valence-corrected chi connectivity index (χ1v) is 3.09. The number of allylic oxidation sites excluding steroid dienone is 1. The Bertz CT molecular complexity index is 221. The molecular weight excluding hydrogens is 130 g/mol. The maximum absolute atomic E-state index is 10.2. The summed E-state index contributed by atoms with van der Waals surface area (Å²) in [6.45, 7) is 0. The van der Waals surface area contributed by atoms with Crippen molar-refractivity contribution in [1.29, 1.82) is 0 Å². The van der Waals surface area contributed by atoms with Crippen molar-refractivity contribution >= 4 is 0 Å². The Labute approximate surface area is 58.9 Å². The highest BCUT2D eigenvalue weighted by molar-refractivity contribution is 5.18. The van der Waals surface area contributed by atoms with Crippen LogP contribution < -0.4 is 0 Å². The largest absolute Gasteiger partial charge is 0.264 e. The van der Waals surface area contributed by atoms with Crippen LogP contribution in [0.2, 0.25) is 0 Å². The van der Waals surface area contributed by atoms with Gasteiger partial charge in [0.15, 0.2) is 0 Å². The first-order valence-electron chi connectivity index (χ1n) is 3.09. The molecule has 3 nitrogen and oxygen atoms in total. The lowest BCUT2D eigenvalue weighted by atomic mass is 10.2. The minimum atomic E-state index is -0.539. The van der Waals surface area contributed by atoms with E-state index in [1.165, 1.54) is 0 Å². The molecule has 0 bridgehead atoms. The van der Waals surface area contributed by atoms with E-state index in [0.29, 0.717) is 12.8 Å². The summed E-state index contributed by atoms with van der Waals surface area (Å²) in [5.41, 5.74) is 0. The van der Waals surface area contributed by atoms with E-state index in [2.05, 4.69) is 11.8 Å². The van der Waals surface area contributed by atoms with Gasteiger partial charge in [0.1, 0.15) is 0 Å². The molecule has 0 amide bonds. The molecule has 0 aromatic carbocycles. The van der Waals surface area contributed by atoms with Gasteiger partial charge in [-0.05, 0) is 12.2 Å². The lowest BCUT2D eigenvalue weighted by molar-refractivity contribution is -0.509. The van der Waals surface area contributed by atoms with Crippen LogP contribution in [-0.2, 0) is 0 Å². The van der Waals surface area contributed by atoms with E-state index >= 15 is 0 Å². The van der Waals surface area contributed by atoms with Crippen molar-refractivity contribution in [3.05, 3.63) is 22.3 Å². The summed E-state index contributed by atoms with van der Waals surface area (Å²) < 4.78 is 0. The molecule has 1 rings (SSSR count). The van der Waals surface area contributed by atoms with Gasteiger partial charge in [-0.2, -0.15) is 0 Å².